The Labute approximate surface area is 375 Å². The van der Waals surface area contributed by atoms with E-state index in [1.807, 2.05) is 11.3 Å². The molecule has 12 aromatic rings. The monoisotopic (exact) mass is 830 g/mol. The average Bonchev–Trinajstić information content (AvgIpc) is 4.08. The van der Waals surface area contributed by atoms with Gasteiger partial charge in [0.2, 0.25) is 0 Å². The van der Waals surface area contributed by atoms with E-state index in [9.17, 15) is 0 Å². The second kappa shape index (κ2) is 13.5. The quantitative estimate of drug-likeness (QED) is 0.168. The van der Waals surface area contributed by atoms with Gasteiger partial charge in [-0.05, 0) is 128 Å². The number of nitrogens with zero attached hydrogens (tertiary/aromatic N) is 2. The van der Waals surface area contributed by atoms with E-state index in [2.05, 4.69) is 240 Å². The lowest BCUT2D eigenvalue weighted by Gasteiger charge is -2.32. The van der Waals surface area contributed by atoms with Gasteiger partial charge in [-0.3, -0.25) is 0 Å². The lowest BCUT2D eigenvalue weighted by atomic mass is 9.70. The molecule has 64 heavy (non-hydrogen) atoms. The van der Waals surface area contributed by atoms with Gasteiger partial charge in [0.15, 0.2) is 0 Å². The van der Waals surface area contributed by atoms with Crippen LogP contribution in [0.1, 0.15) is 22.3 Å². The summed E-state index contributed by atoms with van der Waals surface area (Å²) < 4.78 is 5.00. The standard InChI is InChI=1S/C61H38N2S/c1-2-14-41(15-3-1)63-57-24-12-7-19-49(57)50-33-28-40(36-58(50)63)39-26-29-42(30-27-39)62(43-32-35-60-52(37-43)51-20-8-13-25-59(51)64-60)44-31-34-48-47-18-6-11-23-55(47)61(56(48)38-44)53-21-9-4-16-45(53)46-17-5-10-22-54(46)61/h1-38H. The number of aromatic nitrogens is 1. The summed E-state index contributed by atoms with van der Waals surface area (Å²) in [4.78, 5) is 2.47. The van der Waals surface area contributed by atoms with Gasteiger partial charge < -0.3 is 9.47 Å². The molecule has 14 rings (SSSR count). The summed E-state index contributed by atoms with van der Waals surface area (Å²) >= 11 is 1.86. The second-order valence-electron chi connectivity index (χ2n) is 17.2. The minimum atomic E-state index is -0.432. The first-order valence-corrected chi connectivity index (χ1v) is 22.9. The summed E-state index contributed by atoms with van der Waals surface area (Å²) in [6.45, 7) is 0. The van der Waals surface area contributed by atoms with E-state index in [4.69, 9.17) is 0 Å². The molecular formula is C61H38N2S. The van der Waals surface area contributed by atoms with Gasteiger partial charge >= 0.3 is 0 Å². The first-order chi connectivity index (χ1) is 31.7. The third kappa shape index (κ3) is 4.90. The molecule has 2 aliphatic rings. The van der Waals surface area contributed by atoms with Crippen LogP contribution in [0.4, 0.5) is 17.1 Å². The molecule has 0 fully saturated rings. The Morgan fingerprint density at radius 2 is 0.859 bits per heavy atom. The summed E-state index contributed by atoms with van der Waals surface area (Å²) in [5.74, 6) is 0. The molecule has 10 aromatic carbocycles. The number of rotatable bonds is 5. The molecule has 0 atom stereocenters. The van der Waals surface area contributed by atoms with E-state index in [1.54, 1.807) is 0 Å². The van der Waals surface area contributed by atoms with Gasteiger partial charge in [0.25, 0.3) is 0 Å². The third-order valence-electron chi connectivity index (χ3n) is 14.0. The zero-order valence-corrected chi connectivity index (χ0v) is 35.6. The highest BCUT2D eigenvalue weighted by molar-refractivity contribution is 7.25. The minimum Gasteiger partial charge on any atom is -0.310 e. The maximum absolute atomic E-state index is 2.49. The average molecular weight is 831 g/mol. The van der Waals surface area contributed by atoms with Crippen molar-refractivity contribution in [1.29, 1.82) is 0 Å². The molecular weight excluding hydrogens is 793 g/mol. The topological polar surface area (TPSA) is 8.17 Å². The van der Waals surface area contributed by atoms with Crippen molar-refractivity contribution in [1.82, 2.24) is 4.57 Å². The Balaban J connectivity index is 0.963. The van der Waals surface area contributed by atoms with Crippen molar-refractivity contribution < 1.29 is 0 Å². The molecule has 1 spiro atoms. The van der Waals surface area contributed by atoms with Crippen molar-refractivity contribution in [3.63, 3.8) is 0 Å². The summed E-state index contributed by atoms with van der Waals surface area (Å²) in [6.07, 6.45) is 0. The van der Waals surface area contributed by atoms with E-state index in [0.29, 0.717) is 0 Å². The van der Waals surface area contributed by atoms with Crippen molar-refractivity contribution in [2.75, 3.05) is 4.90 Å². The van der Waals surface area contributed by atoms with Gasteiger partial charge in [-0.2, -0.15) is 0 Å². The Hall–Kier alpha value is -7.98. The molecule has 2 heterocycles. The summed E-state index contributed by atoms with van der Waals surface area (Å²) in [5, 5.41) is 5.10. The molecule has 2 aliphatic carbocycles. The van der Waals surface area contributed by atoms with Crippen LogP contribution in [0.15, 0.2) is 231 Å². The maximum Gasteiger partial charge on any atom is 0.0726 e. The molecule has 2 nitrogen and oxygen atoms in total. The van der Waals surface area contributed by atoms with E-state index in [0.717, 1.165) is 22.7 Å². The number of hydrogen-bond acceptors (Lipinski definition) is 2. The molecule has 0 radical (unpaired) electrons. The number of benzene rings is 10. The largest absolute Gasteiger partial charge is 0.310 e. The van der Waals surface area contributed by atoms with Gasteiger partial charge in [-0.15, -0.1) is 11.3 Å². The molecule has 298 valence electrons. The van der Waals surface area contributed by atoms with Gasteiger partial charge in [-0.25, -0.2) is 0 Å². The normalized spacial score (nSPS) is 13.1. The zero-order valence-electron chi connectivity index (χ0n) is 34.7. The van der Waals surface area contributed by atoms with Crippen LogP contribution < -0.4 is 4.90 Å². The van der Waals surface area contributed by atoms with Crippen LogP contribution >= 0.6 is 11.3 Å². The maximum atomic E-state index is 2.49. The van der Waals surface area contributed by atoms with Crippen LogP contribution in [-0.4, -0.2) is 4.57 Å². The van der Waals surface area contributed by atoms with Crippen molar-refractivity contribution in [2.45, 2.75) is 5.41 Å². The Kier molecular flexibility index (Phi) is 7.51. The number of fused-ring (bicyclic) bond motifs is 16. The predicted molar refractivity (Wildman–Crippen MR) is 270 cm³/mol. The first kappa shape index (κ1) is 35.6. The van der Waals surface area contributed by atoms with E-state index >= 15 is 0 Å². The van der Waals surface area contributed by atoms with Gasteiger partial charge in [0.05, 0.1) is 16.4 Å². The number of hydrogen-bond donors (Lipinski definition) is 0. The van der Waals surface area contributed by atoms with Crippen molar-refractivity contribution in [3.05, 3.63) is 253 Å². The molecule has 0 amide bonds. The lowest BCUT2D eigenvalue weighted by molar-refractivity contribution is 0.793. The van der Waals surface area contributed by atoms with E-state index in [1.165, 1.54) is 97.6 Å². The number of para-hydroxylation sites is 2. The Morgan fingerprint density at radius 3 is 1.59 bits per heavy atom. The van der Waals surface area contributed by atoms with Crippen LogP contribution in [0.3, 0.4) is 0 Å². The third-order valence-corrected chi connectivity index (χ3v) is 15.2. The molecule has 0 unspecified atom stereocenters. The molecule has 0 aliphatic heterocycles. The van der Waals surface area contributed by atoms with Crippen LogP contribution in [0.25, 0.3) is 81.0 Å². The van der Waals surface area contributed by atoms with Gasteiger partial charge in [0, 0.05) is 53.7 Å². The molecule has 0 saturated heterocycles. The van der Waals surface area contributed by atoms with Crippen molar-refractivity contribution >= 4 is 70.4 Å². The van der Waals surface area contributed by atoms with E-state index < -0.39 is 5.41 Å². The SMILES string of the molecule is c1ccc(-n2c3ccccc3c3ccc(-c4ccc(N(c5ccc6c(c5)C5(c7ccccc7-c7ccccc75)c5ccccc5-6)c5ccc6sc7ccccc7c6c5)cc4)cc32)cc1. The predicted octanol–water partition coefficient (Wildman–Crippen LogP) is 16.6. The Bertz CT molecular complexity index is 3790. The highest BCUT2D eigenvalue weighted by Crippen LogP contribution is 2.63. The molecule has 2 aromatic heterocycles. The van der Waals surface area contributed by atoms with Crippen LogP contribution in [0.2, 0.25) is 0 Å². The number of thiophene rings is 1. The fraction of sp³-hybridized carbons (Fsp3) is 0.0164. The van der Waals surface area contributed by atoms with Crippen molar-refractivity contribution in [2.24, 2.45) is 0 Å². The molecule has 0 saturated carbocycles. The summed E-state index contributed by atoms with van der Waals surface area (Å²) in [7, 11) is 0. The highest BCUT2D eigenvalue weighted by atomic mass is 32.1. The lowest BCUT2D eigenvalue weighted by Crippen LogP contribution is -2.26. The molecule has 0 N–H and O–H groups in total. The second-order valence-corrected chi connectivity index (χ2v) is 18.3. The van der Waals surface area contributed by atoms with Gasteiger partial charge in [-0.1, -0.05) is 158 Å². The van der Waals surface area contributed by atoms with Crippen LogP contribution in [0, 0.1) is 0 Å². The van der Waals surface area contributed by atoms with Crippen LogP contribution in [-0.2, 0) is 5.41 Å². The molecule has 0 bridgehead atoms. The smallest absolute Gasteiger partial charge is 0.0726 e. The summed E-state index contributed by atoms with van der Waals surface area (Å²) in [6, 6.07) is 85.8. The molecule has 3 heteroatoms. The fourth-order valence-electron chi connectivity index (χ4n) is 11.3. The van der Waals surface area contributed by atoms with Crippen molar-refractivity contribution in [3.8, 4) is 39.1 Å². The first-order valence-electron chi connectivity index (χ1n) is 22.1. The minimum absolute atomic E-state index is 0.432. The number of anilines is 3. The Morgan fingerprint density at radius 1 is 0.328 bits per heavy atom. The van der Waals surface area contributed by atoms with E-state index in [-0.39, 0.29) is 0 Å². The zero-order chi connectivity index (χ0) is 41.9. The highest BCUT2D eigenvalue weighted by Gasteiger charge is 2.51. The van der Waals surface area contributed by atoms with Gasteiger partial charge in [0.1, 0.15) is 0 Å². The van der Waals surface area contributed by atoms with Crippen LogP contribution in [0.5, 0.6) is 0 Å². The summed E-state index contributed by atoms with van der Waals surface area (Å²) in [5.41, 5.74) is 19.5. The fourth-order valence-corrected chi connectivity index (χ4v) is 12.4.